The summed E-state index contributed by atoms with van der Waals surface area (Å²) in [6, 6.07) is 8.34. The molecule has 2 rings (SSSR count). The summed E-state index contributed by atoms with van der Waals surface area (Å²) in [4.78, 5) is 15.8. The molecule has 19 heavy (non-hydrogen) atoms. The lowest BCUT2D eigenvalue weighted by Crippen LogP contribution is -2.41. The first-order valence-corrected chi connectivity index (χ1v) is 7.76. The Morgan fingerprint density at radius 3 is 2.89 bits per heavy atom. The molecule has 0 spiro atoms. The third-order valence-corrected chi connectivity index (χ3v) is 4.64. The van der Waals surface area contributed by atoms with Crippen LogP contribution in [0.4, 0.5) is 0 Å². The molecule has 0 bridgehead atoms. The van der Waals surface area contributed by atoms with E-state index in [-0.39, 0.29) is 24.5 Å². The number of aliphatic hydroxyl groups is 1. The predicted octanol–water partition coefficient (Wildman–Crippen LogP) is 2.50. The summed E-state index contributed by atoms with van der Waals surface area (Å²) in [7, 11) is 0. The lowest BCUT2D eigenvalue weighted by molar-refractivity contribution is -0.134. The fourth-order valence-electron chi connectivity index (χ4n) is 2.43. The van der Waals surface area contributed by atoms with Crippen LogP contribution in [0.1, 0.15) is 31.7 Å². The topological polar surface area (TPSA) is 40.5 Å². The van der Waals surface area contributed by atoms with Gasteiger partial charge in [-0.2, -0.15) is 0 Å². The highest BCUT2D eigenvalue weighted by atomic mass is 32.2. The van der Waals surface area contributed by atoms with Gasteiger partial charge in [-0.1, -0.05) is 18.2 Å². The van der Waals surface area contributed by atoms with E-state index in [0.717, 1.165) is 11.3 Å². The van der Waals surface area contributed by atoms with Crippen molar-refractivity contribution in [3.8, 4) is 0 Å². The highest BCUT2D eigenvalue weighted by Crippen LogP contribution is 2.40. The van der Waals surface area contributed by atoms with E-state index < -0.39 is 0 Å². The second-order valence-electron chi connectivity index (χ2n) is 5.10. The van der Waals surface area contributed by atoms with E-state index in [9.17, 15) is 4.79 Å². The number of amides is 1. The van der Waals surface area contributed by atoms with Gasteiger partial charge in [0.15, 0.2) is 0 Å². The first kappa shape index (κ1) is 14.4. The summed E-state index contributed by atoms with van der Waals surface area (Å²) in [5, 5.41) is 8.96. The summed E-state index contributed by atoms with van der Waals surface area (Å²) in [5.41, 5.74) is 1.16. The zero-order chi connectivity index (χ0) is 13.8. The van der Waals surface area contributed by atoms with Gasteiger partial charge >= 0.3 is 0 Å². The van der Waals surface area contributed by atoms with Crippen molar-refractivity contribution in [1.29, 1.82) is 0 Å². The van der Waals surface area contributed by atoms with Crippen LogP contribution in [0.3, 0.4) is 0 Å². The molecule has 1 aromatic rings. The van der Waals surface area contributed by atoms with Crippen molar-refractivity contribution < 1.29 is 9.90 Å². The van der Waals surface area contributed by atoms with Gasteiger partial charge in [0.1, 0.15) is 0 Å². The van der Waals surface area contributed by atoms with Crippen molar-refractivity contribution in [2.24, 2.45) is 0 Å². The van der Waals surface area contributed by atoms with Crippen molar-refractivity contribution in [2.75, 3.05) is 18.9 Å². The number of benzene rings is 1. The van der Waals surface area contributed by atoms with E-state index in [0.29, 0.717) is 13.0 Å². The zero-order valence-electron chi connectivity index (χ0n) is 11.5. The Morgan fingerprint density at radius 1 is 1.47 bits per heavy atom. The smallest absolute Gasteiger partial charge is 0.231 e. The van der Waals surface area contributed by atoms with Crippen LogP contribution in [0, 0.1) is 0 Å². The van der Waals surface area contributed by atoms with Crippen molar-refractivity contribution in [3.05, 3.63) is 29.8 Å². The fraction of sp³-hybridized carbons (Fsp3) is 0.533. The van der Waals surface area contributed by atoms with E-state index in [2.05, 4.69) is 12.1 Å². The molecule has 1 N–H and O–H groups in total. The van der Waals surface area contributed by atoms with Crippen LogP contribution < -0.4 is 0 Å². The third-order valence-electron chi connectivity index (χ3n) is 3.46. The molecule has 0 aliphatic carbocycles. The highest BCUT2D eigenvalue weighted by molar-refractivity contribution is 7.99. The van der Waals surface area contributed by atoms with Gasteiger partial charge < -0.3 is 10.0 Å². The lowest BCUT2D eigenvalue weighted by atomic mass is 9.99. The van der Waals surface area contributed by atoms with Crippen LogP contribution in [0.25, 0.3) is 0 Å². The van der Waals surface area contributed by atoms with Gasteiger partial charge in [0.05, 0.1) is 5.92 Å². The molecule has 1 aliphatic heterocycles. The summed E-state index contributed by atoms with van der Waals surface area (Å²) in [5.74, 6) is 1.00. The summed E-state index contributed by atoms with van der Waals surface area (Å²) in [6.45, 7) is 4.83. The van der Waals surface area contributed by atoms with Crippen molar-refractivity contribution in [2.45, 2.75) is 37.1 Å². The second-order valence-corrected chi connectivity index (χ2v) is 6.17. The molecule has 0 aromatic heterocycles. The van der Waals surface area contributed by atoms with Gasteiger partial charge in [0.2, 0.25) is 5.91 Å². The third kappa shape index (κ3) is 3.12. The number of aliphatic hydroxyl groups excluding tert-OH is 1. The monoisotopic (exact) mass is 279 g/mol. The van der Waals surface area contributed by atoms with Crippen LogP contribution in [0.2, 0.25) is 0 Å². The lowest BCUT2D eigenvalue weighted by Gasteiger charge is -2.29. The van der Waals surface area contributed by atoms with Gasteiger partial charge in [0, 0.05) is 29.8 Å². The van der Waals surface area contributed by atoms with E-state index in [1.807, 2.05) is 30.9 Å². The van der Waals surface area contributed by atoms with E-state index in [1.165, 1.54) is 4.90 Å². The minimum atomic E-state index is -0.0257. The van der Waals surface area contributed by atoms with Gasteiger partial charge in [-0.25, -0.2) is 0 Å². The molecule has 1 heterocycles. The first-order valence-electron chi connectivity index (χ1n) is 6.78. The maximum atomic E-state index is 12.7. The maximum Gasteiger partial charge on any atom is 0.231 e. The van der Waals surface area contributed by atoms with Gasteiger partial charge in [-0.3, -0.25) is 4.79 Å². The average Bonchev–Trinajstić information content (AvgIpc) is 2.82. The Bertz CT molecular complexity index is 448. The van der Waals surface area contributed by atoms with Gasteiger partial charge in [-0.05, 0) is 31.9 Å². The van der Waals surface area contributed by atoms with E-state index in [1.54, 1.807) is 11.8 Å². The predicted molar refractivity (Wildman–Crippen MR) is 78.5 cm³/mol. The number of hydrogen-bond acceptors (Lipinski definition) is 3. The van der Waals surface area contributed by atoms with Crippen LogP contribution in [0.5, 0.6) is 0 Å². The van der Waals surface area contributed by atoms with Crippen LogP contribution >= 0.6 is 11.8 Å². The number of nitrogens with zero attached hydrogens (tertiary/aromatic N) is 1. The minimum Gasteiger partial charge on any atom is -0.396 e. The number of rotatable bonds is 5. The molecule has 4 heteroatoms. The minimum absolute atomic E-state index is 0.0257. The second kappa shape index (κ2) is 6.44. The number of carbonyl (C=O) groups excluding carboxylic acids is 1. The Kier molecular flexibility index (Phi) is 4.88. The Hall–Kier alpha value is -1.00. The quantitative estimate of drug-likeness (QED) is 0.900. The van der Waals surface area contributed by atoms with Crippen LogP contribution in [-0.2, 0) is 4.79 Å². The number of hydrogen-bond donors (Lipinski definition) is 1. The molecule has 1 atom stereocenters. The molecule has 0 saturated carbocycles. The molecular weight excluding hydrogens is 258 g/mol. The van der Waals surface area contributed by atoms with Gasteiger partial charge in [0.25, 0.3) is 0 Å². The molecule has 3 nitrogen and oxygen atoms in total. The standard InChI is InChI=1S/C15H21NO2S/c1-11(2)16(8-5-9-17)15(18)13-10-19-14-7-4-3-6-12(13)14/h3-4,6-7,11,13,17H,5,8-10H2,1-2H3. The van der Waals surface area contributed by atoms with Crippen LogP contribution in [0.15, 0.2) is 29.2 Å². The maximum absolute atomic E-state index is 12.7. The normalized spacial score (nSPS) is 17.6. The molecular formula is C15H21NO2S. The number of thioether (sulfide) groups is 1. The van der Waals surface area contributed by atoms with Crippen molar-refractivity contribution in [1.82, 2.24) is 4.90 Å². The summed E-state index contributed by atoms with van der Waals surface area (Å²) < 4.78 is 0. The zero-order valence-corrected chi connectivity index (χ0v) is 12.3. The van der Waals surface area contributed by atoms with E-state index >= 15 is 0 Å². The van der Waals surface area contributed by atoms with Crippen molar-refractivity contribution >= 4 is 17.7 Å². The van der Waals surface area contributed by atoms with E-state index in [4.69, 9.17) is 5.11 Å². The van der Waals surface area contributed by atoms with Crippen LogP contribution in [-0.4, -0.2) is 40.9 Å². The average molecular weight is 279 g/mol. The molecule has 0 fully saturated rings. The highest BCUT2D eigenvalue weighted by Gasteiger charge is 2.32. The van der Waals surface area contributed by atoms with Crippen molar-refractivity contribution in [3.63, 3.8) is 0 Å². The first-order chi connectivity index (χ1) is 9.15. The Morgan fingerprint density at radius 2 is 2.21 bits per heavy atom. The Balaban J connectivity index is 2.15. The number of fused-ring (bicyclic) bond motifs is 1. The Labute approximate surface area is 119 Å². The molecule has 1 aliphatic rings. The molecule has 104 valence electrons. The molecule has 0 radical (unpaired) electrons. The molecule has 1 amide bonds. The molecule has 1 aromatic carbocycles. The number of carbonyl (C=O) groups is 1. The van der Waals surface area contributed by atoms with Gasteiger partial charge in [-0.15, -0.1) is 11.8 Å². The molecule has 0 saturated heterocycles. The molecule has 1 unspecified atom stereocenters. The largest absolute Gasteiger partial charge is 0.396 e. The fourth-order valence-corrected chi connectivity index (χ4v) is 3.65. The SMILES string of the molecule is CC(C)N(CCCO)C(=O)C1CSc2ccccc21. The summed E-state index contributed by atoms with van der Waals surface area (Å²) in [6.07, 6.45) is 0.644. The summed E-state index contributed by atoms with van der Waals surface area (Å²) >= 11 is 1.76.